The van der Waals surface area contributed by atoms with E-state index < -0.39 is 5.97 Å². The van der Waals surface area contributed by atoms with E-state index in [-0.39, 0.29) is 6.61 Å². The van der Waals surface area contributed by atoms with E-state index in [0.29, 0.717) is 22.7 Å². The average molecular weight is 443 g/mol. The first-order chi connectivity index (χ1) is 14.5. The minimum Gasteiger partial charge on any atom is -0.489 e. The first kappa shape index (κ1) is 20.3. The van der Waals surface area contributed by atoms with Gasteiger partial charge in [-0.15, -0.1) is 21.5 Å². The number of esters is 1. The summed E-state index contributed by atoms with van der Waals surface area (Å²) in [6.45, 7) is 4.33. The Morgan fingerprint density at radius 1 is 1.33 bits per heavy atom. The van der Waals surface area contributed by atoms with Crippen LogP contribution in [0.2, 0.25) is 5.15 Å². The minimum absolute atomic E-state index is 0.288. The Morgan fingerprint density at radius 3 is 2.90 bits per heavy atom. The number of hydrogen-bond acceptors (Lipinski definition) is 7. The summed E-state index contributed by atoms with van der Waals surface area (Å²) in [7, 11) is 1.89. The topological polar surface area (TPSA) is 79.1 Å². The number of pyridine rings is 1. The third-order valence-electron chi connectivity index (χ3n) is 4.66. The Morgan fingerprint density at radius 2 is 2.17 bits per heavy atom. The van der Waals surface area contributed by atoms with Crippen LogP contribution in [-0.4, -0.2) is 32.3 Å². The van der Waals surface area contributed by atoms with Gasteiger partial charge in [0, 0.05) is 29.8 Å². The maximum Gasteiger partial charge on any atom is 0.341 e. The number of rotatable bonds is 6. The van der Waals surface area contributed by atoms with Gasteiger partial charge in [0.2, 0.25) is 0 Å². The molecule has 0 spiro atoms. The molecule has 0 saturated carbocycles. The van der Waals surface area contributed by atoms with Crippen molar-refractivity contribution < 1.29 is 14.3 Å². The number of carbonyl (C=O) groups excluding carboxylic acids is 1. The molecule has 30 heavy (non-hydrogen) atoms. The highest BCUT2D eigenvalue weighted by atomic mass is 35.5. The van der Waals surface area contributed by atoms with Gasteiger partial charge in [0.25, 0.3) is 0 Å². The molecule has 154 valence electrons. The number of aromatic nitrogens is 4. The van der Waals surface area contributed by atoms with Crippen molar-refractivity contribution in [2.75, 3.05) is 6.61 Å². The maximum atomic E-state index is 12.2. The van der Waals surface area contributed by atoms with Gasteiger partial charge >= 0.3 is 5.97 Å². The molecule has 0 N–H and O–H groups in total. The number of aryl methyl sites for hydroxylation is 2. The lowest BCUT2D eigenvalue weighted by molar-refractivity contribution is 0.0528. The van der Waals surface area contributed by atoms with Gasteiger partial charge < -0.3 is 14.0 Å². The van der Waals surface area contributed by atoms with Crippen LogP contribution in [0, 0.1) is 6.92 Å². The smallest absolute Gasteiger partial charge is 0.341 e. The molecule has 4 rings (SSSR count). The third-order valence-corrected chi connectivity index (χ3v) is 6.01. The number of hydrogen-bond donors (Lipinski definition) is 0. The second kappa shape index (κ2) is 8.41. The van der Waals surface area contributed by atoms with E-state index in [9.17, 15) is 4.79 Å². The van der Waals surface area contributed by atoms with E-state index in [1.165, 1.54) is 17.5 Å². The quantitative estimate of drug-likeness (QED) is 0.315. The standard InChI is InChI=1S/C21H19ClN4O3S/c1-4-28-21(27)15-8-23-19(22)17-14(10-30-18(15)17)9-29-16-7-13(6-5-12(16)2)20-25-24-11-26(20)3/h5-8,10-11H,4,9H2,1-3H3. The molecule has 0 atom stereocenters. The lowest BCUT2D eigenvalue weighted by atomic mass is 10.1. The number of nitrogens with zero attached hydrogens (tertiary/aromatic N) is 4. The van der Waals surface area contributed by atoms with Gasteiger partial charge in [-0.25, -0.2) is 9.78 Å². The summed E-state index contributed by atoms with van der Waals surface area (Å²) in [6, 6.07) is 5.91. The second-order valence-corrected chi connectivity index (χ2v) is 7.92. The molecule has 4 aromatic rings. The molecule has 0 unspecified atom stereocenters. The molecule has 0 aliphatic heterocycles. The largest absolute Gasteiger partial charge is 0.489 e. The monoisotopic (exact) mass is 442 g/mol. The van der Waals surface area contributed by atoms with Crippen molar-refractivity contribution in [1.29, 1.82) is 0 Å². The Kier molecular flexibility index (Phi) is 5.69. The molecule has 3 heterocycles. The molecule has 0 bridgehead atoms. The lowest BCUT2D eigenvalue weighted by Crippen LogP contribution is -2.05. The second-order valence-electron chi connectivity index (χ2n) is 6.68. The van der Waals surface area contributed by atoms with Crippen LogP contribution >= 0.6 is 22.9 Å². The van der Waals surface area contributed by atoms with Crippen LogP contribution in [0.5, 0.6) is 5.75 Å². The summed E-state index contributed by atoms with van der Waals surface area (Å²) < 4.78 is 13.8. The SMILES string of the molecule is CCOC(=O)c1cnc(Cl)c2c(COc3cc(-c4nncn4C)ccc3C)csc12. The van der Waals surface area contributed by atoms with Crippen LogP contribution in [0.4, 0.5) is 0 Å². The van der Waals surface area contributed by atoms with E-state index in [4.69, 9.17) is 21.1 Å². The van der Waals surface area contributed by atoms with Crippen molar-refractivity contribution >= 4 is 39.0 Å². The first-order valence-corrected chi connectivity index (χ1v) is 10.5. The van der Waals surface area contributed by atoms with Gasteiger partial charge in [-0.2, -0.15) is 0 Å². The summed E-state index contributed by atoms with van der Waals surface area (Å²) in [5.41, 5.74) is 3.18. The van der Waals surface area contributed by atoms with Gasteiger partial charge in [0.05, 0.1) is 16.9 Å². The molecule has 0 aliphatic carbocycles. The fourth-order valence-corrected chi connectivity index (χ4v) is 4.49. The third kappa shape index (κ3) is 3.76. The van der Waals surface area contributed by atoms with Crippen molar-refractivity contribution in [2.45, 2.75) is 20.5 Å². The molecule has 9 heteroatoms. The van der Waals surface area contributed by atoms with E-state index in [1.54, 1.807) is 13.3 Å². The molecule has 3 aromatic heterocycles. The van der Waals surface area contributed by atoms with Crippen LogP contribution in [-0.2, 0) is 18.4 Å². The maximum absolute atomic E-state index is 12.2. The highest BCUT2D eigenvalue weighted by Crippen LogP contribution is 2.35. The van der Waals surface area contributed by atoms with E-state index in [1.807, 2.05) is 42.1 Å². The normalized spacial score (nSPS) is 11.1. The fraction of sp³-hybridized carbons (Fsp3) is 0.238. The predicted octanol–water partition coefficient (Wildman–Crippen LogP) is 4.81. The summed E-state index contributed by atoms with van der Waals surface area (Å²) in [5, 5.41) is 11.1. The summed E-state index contributed by atoms with van der Waals surface area (Å²) in [6.07, 6.45) is 3.11. The average Bonchev–Trinajstić information content (AvgIpc) is 3.35. The van der Waals surface area contributed by atoms with E-state index in [0.717, 1.165) is 33.0 Å². The Bertz CT molecular complexity index is 1230. The Balaban J connectivity index is 1.64. The van der Waals surface area contributed by atoms with Gasteiger partial charge in [-0.1, -0.05) is 23.7 Å². The Labute approximate surface area is 182 Å². The first-order valence-electron chi connectivity index (χ1n) is 9.29. The predicted molar refractivity (Wildman–Crippen MR) is 116 cm³/mol. The zero-order chi connectivity index (χ0) is 21.3. The molecule has 0 aliphatic rings. The number of carbonyl (C=O) groups is 1. The van der Waals surface area contributed by atoms with Gasteiger partial charge in [-0.05, 0) is 30.9 Å². The van der Waals surface area contributed by atoms with Crippen molar-refractivity contribution in [3.8, 4) is 17.1 Å². The number of thiophene rings is 1. The molecular weight excluding hydrogens is 424 g/mol. The molecule has 7 nitrogen and oxygen atoms in total. The highest BCUT2D eigenvalue weighted by molar-refractivity contribution is 7.17. The van der Waals surface area contributed by atoms with Crippen molar-refractivity contribution in [3.05, 3.63) is 57.9 Å². The highest BCUT2D eigenvalue weighted by Gasteiger charge is 2.19. The summed E-state index contributed by atoms with van der Waals surface area (Å²) in [5.74, 6) is 1.08. The van der Waals surface area contributed by atoms with Crippen LogP contribution in [0.25, 0.3) is 21.5 Å². The molecule has 1 aromatic carbocycles. The van der Waals surface area contributed by atoms with Gasteiger partial charge in [0.15, 0.2) is 5.82 Å². The molecule has 0 fully saturated rings. The fourth-order valence-electron chi connectivity index (χ4n) is 3.12. The molecule has 0 radical (unpaired) electrons. The number of benzene rings is 1. The number of fused-ring (bicyclic) bond motifs is 1. The van der Waals surface area contributed by atoms with Crippen molar-refractivity contribution in [1.82, 2.24) is 19.7 Å². The van der Waals surface area contributed by atoms with Crippen molar-refractivity contribution in [2.24, 2.45) is 7.05 Å². The zero-order valence-corrected chi connectivity index (χ0v) is 18.3. The van der Waals surface area contributed by atoms with E-state index in [2.05, 4.69) is 15.2 Å². The van der Waals surface area contributed by atoms with Crippen LogP contribution in [0.1, 0.15) is 28.4 Å². The number of ether oxygens (including phenoxy) is 2. The Hall–Kier alpha value is -2.97. The van der Waals surface area contributed by atoms with Gasteiger partial charge in [0.1, 0.15) is 23.8 Å². The molecule has 0 saturated heterocycles. The van der Waals surface area contributed by atoms with Crippen LogP contribution in [0.15, 0.2) is 36.1 Å². The van der Waals surface area contributed by atoms with Crippen LogP contribution < -0.4 is 4.74 Å². The zero-order valence-electron chi connectivity index (χ0n) is 16.7. The van der Waals surface area contributed by atoms with Crippen LogP contribution in [0.3, 0.4) is 0 Å². The number of halogens is 1. The van der Waals surface area contributed by atoms with Crippen molar-refractivity contribution in [3.63, 3.8) is 0 Å². The molecular formula is C21H19ClN4O3S. The lowest BCUT2D eigenvalue weighted by Gasteiger charge is -2.11. The van der Waals surface area contributed by atoms with E-state index >= 15 is 0 Å². The van der Waals surface area contributed by atoms with Gasteiger partial charge in [-0.3, -0.25) is 0 Å². The summed E-state index contributed by atoms with van der Waals surface area (Å²) >= 11 is 7.77. The minimum atomic E-state index is -0.409. The summed E-state index contributed by atoms with van der Waals surface area (Å²) in [4.78, 5) is 16.4. The molecule has 0 amide bonds.